The van der Waals surface area contributed by atoms with Crippen LogP contribution < -0.4 is 10.2 Å². The van der Waals surface area contributed by atoms with Crippen LogP contribution in [-0.2, 0) is 27.0 Å². The van der Waals surface area contributed by atoms with Gasteiger partial charge in [0.25, 0.3) is 6.10 Å². The second-order valence-electron chi connectivity index (χ2n) is 12.3. The van der Waals surface area contributed by atoms with Crippen LogP contribution in [0.1, 0.15) is 56.6 Å². The highest BCUT2D eigenvalue weighted by atomic mass is 19.4. The molecule has 1 aromatic rings. The fourth-order valence-corrected chi connectivity index (χ4v) is 6.01. The molecule has 3 aliphatic rings. The Balaban J connectivity index is 1.41. The Kier molecular flexibility index (Phi) is 10.7. The summed E-state index contributed by atoms with van der Waals surface area (Å²) in [6, 6.07) is 3.10. The van der Waals surface area contributed by atoms with Crippen molar-refractivity contribution in [3.63, 3.8) is 0 Å². The number of amides is 1. The molecule has 3 heterocycles. The van der Waals surface area contributed by atoms with E-state index in [9.17, 15) is 49.1 Å². The summed E-state index contributed by atoms with van der Waals surface area (Å²) in [6.07, 6.45) is -19.9. The van der Waals surface area contributed by atoms with E-state index in [4.69, 9.17) is 4.74 Å². The Bertz CT molecular complexity index is 1200. The molecule has 0 radical (unpaired) electrons. The minimum atomic E-state index is -5.83. The molecule has 17 heteroatoms. The van der Waals surface area contributed by atoms with Gasteiger partial charge in [-0.2, -0.15) is 39.5 Å². The maximum atomic E-state index is 13.7. The number of carbonyl (C=O) groups excluding carboxylic acids is 2. The number of nitrogens with one attached hydrogen (secondary N) is 1. The first kappa shape index (κ1) is 35.9. The molecule has 4 rings (SSSR count). The maximum Gasteiger partial charge on any atom is 0.434 e. The van der Waals surface area contributed by atoms with Crippen molar-refractivity contribution in [1.29, 1.82) is 0 Å². The molecule has 0 spiro atoms. The number of benzene rings is 1. The summed E-state index contributed by atoms with van der Waals surface area (Å²) in [6.45, 7) is 3.01. The fraction of sp³-hybridized carbons (Fsp3) is 0.724. The predicted octanol–water partition coefficient (Wildman–Crippen LogP) is 5.89. The Labute approximate surface area is 260 Å². The molecule has 0 bridgehead atoms. The van der Waals surface area contributed by atoms with Crippen LogP contribution in [0.25, 0.3) is 0 Å². The molecule has 1 atom stereocenters. The van der Waals surface area contributed by atoms with Gasteiger partial charge in [0.05, 0.1) is 5.56 Å². The van der Waals surface area contributed by atoms with Crippen molar-refractivity contribution in [2.24, 2.45) is 0 Å². The number of rotatable bonds is 7. The fourth-order valence-electron chi connectivity index (χ4n) is 6.01. The van der Waals surface area contributed by atoms with Crippen molar-refractivity contribution in [3.8, 4) is 0 Å². The second kappa shape index (κ2) is 13.6. The highest BCUT2D eigenvalue weighted by molar-refractivity contribution is 5.76. The van der Waals surface area contributed by atoms with Crippen LogP contribution in [0.5, 0.6) is 0 Å². The lowest BCUT2D eigenvalue weighted by Crippen LogP contribution is -2.54. The van der Waals surface area contributed by atoms with Gasteiger partial charge in [-0.25, -0.2) is 4.79 Å². The molecular formula is C29H37F9N4O4. The number of alkyl halides is 9. The Hall–Kier alpha value is -2.95. The van der Waals surface area contributed by atoms with E-state index in [-0.39, 0.29) is 50.6 Å². The Morgan fingerprint density at radius 3 is 2.11 bits per heavy atom. The normalized spacial score (nSPS) is 21.6. The SMILES string of the molecule is CN(Cc1ccc(C(F)(F)F)cc1N1CCC(OC(=O)[C@@H]2CCCN2)CC1)C1(C)CCN(C(=O)OC(C(F)(F)F)C(F)(F)F)CC1. The summed E-state index contributed by atoms with van der Waals surface area (Å²) < 4.78 is 128. The smallest absolute Gasteiger partial charge is 0.434 e. The van der Waals surface area contributed by atoms with Gasteiger partial charge < -0.3 is 24.6 Å². The monoisotopic (exact) mass is 676 g/mol. The average Bonchev–Trinajstić information content (AvgIpc) is 3.50. The van der Waals surface area contributed by atoms with E-state index in [0.717, 1.165) is 30.0 Å². The van der Waals surface area contributed by atoms with Gasteiger partial charge in [-0.1, -0.05) is 6.07 Å². The molecule has 3 aliphatic heterocycles. The molecule has 46 heavy (non-hydrogen) atoms. The zero-order valence-corrected chi connectivity index (χ0v) is 25.3. The molecule has 3 fully saturated rings. The summed E-state index contributed by atoms with van der Waals surface area (Å²) >= 11 is 0. The van der Waals surface area contributed by atoms with E-state index < -0.39 is 41.8 Å². The number of halogens is 9. The lowest BCUT2D eigenvalue weighted by atomic mass is 9.87. The van der Waals surface area contributed by atoms with Crippen molar-refractivity contribution in [1.82, 2.24) is 15.1 Å². The average molecular weight is 677 g/mol. The van der Waals surface area contributed by atoms with Crippen LogP contribution in [0.4, 0.5) is 50.0 Å². The van der Waals surface area contributed by atoms with E-state index in [0.29, 0.717) is 43.6 Å². The van der Waals surface area contributed by atoms with E-state index >= 15 is 0 Å². The summed E-state index contributed by atoms with van der Waals surface area (Å²) in [5.74, 6) is -0.328. The van der Waals surface area contributed by atoms with Crippen molar-refractivity contribution in [3.05, 3.63) is 29.3 Å². The number of esters is 1. The van der Waals surface area contributed by atoms with E-state index in [2.05, 4.69) is 10.1 Å². The number of carbonyl (C=O) groups is 2. The third-order valence-corrected chi connectivity index (χ3v) is 9.06. The van der Waals surface area contributed by atoms with Gasteiger partial charge in [0.1, 0.15) is 12.1 Å². The minimum Gasteiger partial charge on any atom is -0.461 e. The quantitative estimate of drug-likeness (QED) is 0.286. The van der Waals surface area contributed by atoms with Crippen LogP contribution in [-0.4, -0.2) is 97.8 Å². The van der Waals surface area contributed by atoms with Crippen molar-refractivity contribution < 1.29 is 58.6 Å². The largest absolute Gasteiger partial charge is 0.461 e. The number of ether oxygens (including phenoxy) is 2. The van der Waals surface area contributed by atoms with E-state index in [1.807, 2.05) is 9.80 Å². The third-order valence-electron chi connectivity index (χ3n) is 9.06. The van der Waals surface area contributed by atoms with Crippen molar-refractivity contribution in [2.75, 3.05) is 44.7 Å². The van der Waals surface area contributed by atoms with Gasteiger partial charge in [0, 0.05) is 56.8 Å². The van der Waals surface area contributed by atoms with Gasteiger partial charge in [0.15, 0.2) is 0 Å². The summed E-state index contributed by atoms with van der Waals surface area (Å²) in [5, 5.41) is 3.08. The molecule has 1 N–H and O–H groups in total. The molecule has 1 amide bonds. The predicted molar refractivity (Wildman–Crippen MR) is 147 cm³/mol. The molecule has 0 unspecified atom stereocenters. The molecular weight excluding hydrogens is 639 g/mol. The first-order chi connectivity index (χ1) is 21.3. The van der Waals surface area contributed by atoms with Gasteiger partial charge in [0.2, 0.25) is 0 Å². The number of hydrogen-bond acceptors (Lipinski definition) is 7. The van der Waals surface area contributed by atoms with Crippen LogP contribution in [0.15, 0.2) is 18.2 Å². The lowest BCUT2D eigenvalue weighted by molar-refractivity contribution is -0.308. The van der Waals surface area contributed by atoms with Crippen LogP contribution in [0.3, 0.4) is 0 Å². The summed E-state index contributed by atoms with van der Waals surface area (Å²) in [4.78, 5) is 29.1. The number of piperidine rings is 2. The second-order valence-corrected chi connectivity index (χ2v) is 12.3. The summed E-state index contributed by atoms with van der Waals surface area (Å²) in [7, 11) is 1.71. The number of anilines is 1. The first-order valence-electron chi connectivity index (χ1n) is 15.0. The van der Waals surface area contributed by atoms with E-state index in [1.165, 1.54) is 6.07 Å². The van der Waals surface area contributed by atoms with Crippen LogP contribution in [0, 0.1) is 0 Å². The molecule has 1 aromatic carbocycles. The number of nitrogens with zero attached hydrogens (tertiary/aromatic N) is 3. The first-order valence-corrected chi connectivity index (χ1v) is 15.0. The molecule has 8 nitrogen and oxygen atoms in total. The molecule has 260 valence electrons. The van der Waals surface area contributed by atoms with Gasteiger partial charge >= 0.3 is 30.6 Å². The number of likely N-dealkylation sites (tertiary alicyclic amines) is 1. The highest BCUT2D eigenvalue weighted by Crippen LogP contribution is 2.39. The van der Waals surface area contributed by atoms with Crippen molar-refractivity contribution >= 4 is 17.7 Å². The van der Waals surface area contributed by atoms with E-state index in [1.54, 1.807) is 14.0 Å². The van der Waals surface area contributed by atoms with Crippen LogP contribution in [0.2, 0.25) is 0 Å². The summed E-state index contributed by atoms with van der Waals surface area (Å²) in [5.41, 5.74) is -0.593. The molecule has 0 aliphatic carbocycles. The third kappa shape index (κ3) is 8.69. The van der Waals surface area contributed by atoms with Gasteiger partial charge in [-0.15, -0.1) is 0 Å². The van der Waals surface area contributed by atoms with Crippen LogP contribution >= 0.6 is 0 Å². The van der Waals surface area contributed by atoms with Crippen molar-refractivity contribution in [2.45, 2.75) is 94.3 Å². The zero-order valence-electron chi connectivity index (χ0n) is 25.3. The standard InChI is InChI=1S/C29H37F9N4O4/c1-26(9-14-42(15-10-26)25(44)46-24(28(33,34)35)29(36,37)38)40(2)17-18-5-6-19(27(30,31)32)16-22(18)41-12-7-20(8-13-41)45-23(43)21-4-3-11-39-21/h5-6,16,20-21,24,39H,3-4,7-15,17H2,1-2H3/t21-/m0/s1. The topological polar surface area (TPSA) is 74.4 Å². The lowest BCUT2D eigenvalue weighted by Gasteiger charge is -2.45. The van der Waals surface area contributed by atoms with Gasteiger partial charge in [-0.05, 0) is 63.9 Å². The Morgan fingerprint density at radius 1 is 0.978 bits per heavy atom. The molecule has 3 saturated heterocycles. The minimum absolute atomic E-state index is 0.157. The van der Waals surface area contributed by atoms with Gasteiger partial charge in [-0.3, -0.25) is 9.69 Å². The Morgan fingerprint density at radius 2 is 1.59 bits per heavy atom. The maximum absolute atomic E-state index is 13.7. The highest BCUT2D eigenvalue weighted by Gasteiger charge is 2.60. The molecule has 0 saturated carbocycles. The molecule has 0 aromatic heterocycles. The number of hydrogen-bond donors (Lipinski definition) is 1. The zero-order chi connectivity index (χ0) is 34.1.